The van der Waals surface area contributed by atoms with Gasteiger partial charge in [0.1, 0.15) is 11.6 Å². The third kappa shape index (κ3) is 6.02. The highest BCUT2D eigenvalue weighted by Gasteiger charge is 2.21. The smallest absolute Gasteiger partial charge is 0.142 e. The van der Waals surface area contributed by atoms with E-state index in [4.69, 9.17) is 11.6 Å². The van der Waals surface area contributed by atoms with Gasteiger partial charge in [0.15, 0.2) is 0 Å². The first-order valence-corrected chi connectivity index (χ1v) is 13.2. The predicted octanol–water partition coefficient (Wildman–Crippen LogP) is 5.49. The number of fused-ring (bicyclic) bond motifs is 1. The Morgan fingerprint density at radius 1 is 1.13 bits per heavy atom. The number of hydrogen-bond donors (Lipinski definition) is 3. The zero-order chi connectivity index (χ0) is 27.8. The van der Waals surface area contributed by atoms with Gasteiger partial charge in [0, 0.05) is 24.5 Å². The fourth-order valence-electron chi connectivity index (χ4n) is 4.50. The van der Waals surface area contributed by atoms with E-state index in [-0.39, 0.29) is 6.04 Å². The molecule has 1 unspecified atom stereocenters. The Hall–Kier alpha value is -4.42. The predicted molar refractivity (Wildman–Crippen MR) is 168 cm³/mol. The van der Waals surface area contributed by atoms with Gasteiger partial charge in [-0.25, -0.2) is 9.98 Å². The lowest BCUT2D eigenvalue weighted by Crippen LogP contribution is -2.40. The Morgan fingerprint density at radius 2 is 1.90 bits per heavy atom. The fourth-order valence-corrected chi connectivity index (χ4v) is 4.87. The van der Waals surface area contributed by atoms with E-state index in [1.165, 1.54) is 0 Å². The van der Waals surface area contributed by atoms with E-state index in [0.29, 0.717) is 23.2 Å². The number of benzene rings is 2. The molecule has 7 heteroatoms. The van der Waals surface area contributed by atoms with E-state index in [0.717, 1.165) is 44.0 Å². The number of aromatic nitrogens is 1. The molecule has 3 aromatic rings. The zero-order valence-corrected chi connectivity index (χ0v) is 23.3. The summed E-state index contributed by atoms with van der Waals surface area (Å²) in [6.07, 6.45) is 8.96. The first-order chi connectivity index (χ1) is 19.0. The van der Waals surface area contributed by atoms with Gasteiger partial charge in [0.25, 0.3) is 0 Å². The summed E-state index contributed by atoms with van der Waals surface area (Å²) in [5, 5.41) is 12.1. The summed E-state index contributed by atoms with van der Waals surface area (Å²) in [4.78, 5) is 13.5. The maximum Gasteiger partial charge on any atom is 0.142 e. The minimum Gasteiger partial charge on any atom is -0.363 e. The van der Waals surface area contributed by atoms with E-state index in [2.05, 4.69) is 68.4 Å². The van der Waals surface area contributed by atoms with Crippen LogP contribution in [0.15, 0.2) is 95.3 Å². The van der Waals surface area contributed by atoms with Crippen LogP contribution in [0.4, 0.5) is 5.82 Å². The summed E-state index contributed by atoms with van der Waals surface area (Å²) in [5.74, 6) is 1.36. The SMILES string of the molecule is C=CN/C(=C(/Cl)c1cccc(/C(C=NCC)=C/C)c1-c1ccccc1)C(C)NC1=c2c(nccc2=C)NC=N1. The van der Waals surface area contributed by atoms with Gasteiger partial charge in [-0.2, -0.15) is 0 Å². The topological polar surface area (TPSA) is 73.7 Å². The van der Waals surface area contributed by atoms with Gasteiger partial charge >= 0.3 is 0 Å². The molecule has 2 heterocycles. The number of aliphatic imine (C=N–C) groups is 2. The minimum absolute atomic E-state index is 0.261. The average molecular weight is 537 g/mol. The summed E-state index contributed by atoms with van der Waals surface area (Å²) in [5.41, 5.74) is 5.80. The van der Waals surface area contributed by atoms with Gasteiger partial charge in [0.2, 0.25) is 0 Å². The maximum absolute atomic E-state index is 7.27. The minimum atomic E-state index is -0.261. The van der Waals surface area contributed by atoms with E-state index in [1.54, 1.807) is 18.7 Å². The van der Waals surface area contributed by atoms with Crippen molar-refractivity contribution in [2.75, 3.05) is 11.9 Å². The molecule has 1 aliphatic rings. The van der Waals surface area contributed by atoms with Crippen LogP contribution in [0, 0.1) is 0 Å². The van der Waals surface area contributed by atoms with E-state index in [1.807, 2.05) is 63.4 Å². The molecular weight excluding hydrogens is 504 g/mol. The number of pyridine rings is 1. The lowest BCUT2D eigenvalue weighted by atomic mass is 9.89. The standard InChI is InChI=1S/C32H33ClN6/c1-6-23(19-34-7-2)25-15-12-16-26(28(25)24-13-10-9-11-14-24)29(33)30(35-8-3)22(5)39-32-27-21(4)17-18-36-31(27)37-20-38-32/h6,8-20,22,35H,3-4,7H2,1-2,5H3,(H2,36,37,38,39)/b23-6+,30-29+,34-19?. The molecule has 0 fully saturated rings. The van der Waals surface area contributed by atoms with Gasteiger partial charge in [-0.15, -0.1) is 0 Å². The monoisotopic (exact) mass is 536 g/mol. The largest absolute Gasteiger partial charge is 0.363 e. The Balaban J connectivity index is 1.90. The van der Waals surface area contributed by atoms with Crippen LogP contribution in [-0.2, 0) is 0 Å². The first-order valence-electron chi connectivity index (χ1n) is 12.9. The van der Waals surface area contributed by atoms with Gasteiger partial charge in [-0.05, 0) is 60.5 Å². The molecule has 4 rings (SSSR count). The normalized spacial score (nSPS) is 14.4. The van der Waals surface area contributed by atoms with Crippen LogP contribution in [0.2, 0.25) is 0 Å². The quantitative estimate of drug-likeness (QED) is 0.299. The van der Waals surface area contributed by atoms with Crippen molar-refractivity contribution in [3.8, 4) is 11.1 Å². The molecule has 0 radical (unpaired) electrons. The van der Waals surface area contributed by atoms with E-state index >= 15 is 0 Å². The Kier molecular flexibility index (Phi) is 9.13. The zero-order valence-electron chi connectivity index (χ0n) is 22.5. The van der Waals surface area contributed by atoms with Crippen LogP contribution in [0.25, 0.3) is 34.1 Å². The second-order valence-electron chi connectivity index (χ2n) is 8.85. The molecule has 39 heavy (non-hydrogen) atoms. The maximum atomic E-state index is 7.27. The Bertz CT molecular complexity index is 1580. The second kappa shape index (κ2) is 12.9. The van der Waals surface area contributed by atoms with Gasteiger partial charge in [-0.3, -0.25) is 4.99 Å². The van der Waals surface area contributed by atoms with Gasteiger partial charge in [0.05, 0.1) is 28.3 Å². The third-order valence-electron chi connectivity index (χ3n) is 6.35. The molecule has 0 amide bonds. The van der Waals surface area contributed by atoms with Crippen molar-refractivity contribution in [1.82, 2.24) is 15.6 Å². The molecule has 0 aliphatic carbocycles. The number of halogens is 1. The molecular formula is C32H33ClN6. The average Bonchev–Trinajstić information content (AvgIpc) is 2.96. The van der Waals surface area contributed by atoms with Crippen molar-refractivity contribution in [2.45, 2.75) is 26.8 Å². The lowest BCUT2D eigenvalue weighted by Gasteiger charge is -2.24. The van der Waals surface area contributed by atoms with Crippen molar-refractivity contribution in [3.63, 3.8) is 0 Å². The van der Waals surface area contributed by atoms with Crippen molar-refractivity contribution in [3.05, 3.63) is 107 Å². The van der Waals surface area contributed by atoms with Crippen LogP contribution in [0.5, 0.6) is 0 Å². The molecule has 1 atom stereocenters. The highest BCUT2D eigenvalue weighted by atomic mass is 35.5. The summed E-state index contributed by atoms with van der Waals surface area (Å²) in [6.45, 7) is 14.8. The van der Waals surface area contributed by atoms with Crippen LogP contribution in [0.3, 0.4) is 0 Å². The molecule has 1 aromatic heterocycles. The number of hydrogen-bond acceptors (Lipinski definition) is 6. The van der Waals surface area contributed by atoms with Gasteiger partial charge in [-0.1, -0.05) is 79.4 Å². The summed E-state index contributed by atoms with van der Waals surface area (Å²) < 4.78 is 0. The molecule has 3 N–H and O–H groups in total. The molecule has 198 valence electrons. The fraction of sp³-hybridized carbons (Fsp3) is 0.156. The van der Waals surface area contributed by atoms with Crippen molar-refractivity contribution < 1.29 is 0 Å². The molecule has 0 bridgehead atoms. The molecule has 0 saturated carbocycles. The number of allylic oxidation sites excluding steroid dienone is 2. The summed E-state index contributed by atoms with van der Waals surface area (Å²) in [6, 6.07) is 18.0. The highest BCUT2D eigenvalue weighted by molar-refractivity contribution is 6.50. The number of nitrogens with zero attached hydrogens (tertiary/aromatic N) is 3. The third-order valence-corrected chi connectivity index (χ3v) is 6.75. The van der Waals surface area contributed by atoms with Crippen LogP contribution in [-0.4, -0.2) is 30.1 Å². The van der Waals surface area contributed by atoms with Crippen LogP contribution in [0.1, 0.15) is 31.9 Å². The Labute approximate surface area is 235 Å². The number of rotatable bonds is 10. The van der Waals surface area contributed by atoms with Gasteiger partial charge < -0.3 is 16.0 Å². The summed E-state index contributed by atoms with van der Waals surface area (Å²) >= 11 is 7.27. The van der Waals surface area contributed by atoms with Crippen molar-refractivity contribution in [1.29, 1.82) is 0 Å². The molecule has 1 aliphatic heterocycles. The Morgan fingerprint density at radius 3 is 2.62 bits per heavy atom. The van der Waals surface area contributed by atoms with Crippen molar-refractivity contribution in [2.24, 2.45) is 9.98 Å². The lowest BCUT2D eigenvalue weighted by molar-refractivity contribution is 0.698. The van der Waals surface area contributed by atoms with Crippen LogP contribution >= 0.6 is 11.6 Å². The molecule has 0 spiro atoms. The second-order valence-corrected chi connectivity index (χ2v) is 9.23. The first kappa shape index (κ1) is 27.6. The van der Waals surface area contributed by atoms with Crippen molar-refractivity contribution >= 4 is 53.0 Å². The van der Waals surface area contributed by atoms with E-state index in [9.17, 15) is 0 Å². The molecule has 2 aromatic carbocycles. The van der Waals surface area contributed by atoms with Crippen LogP contribution < -0.4 is 26.4 Å². The number of anilines is 1. The van der Waals surface area contributed by atoms with E-state index < -0.39 is 0 Å². The molecule has 0 saturated heterocycles. The number of nitrogens with one attached hydrogen (secondary N) is 3. The molecule has 6 nitrogen and oxygen atoms in total. The highest BCUT2D eigenvalue weighted by Crippen LogP contribution is 2.38. The summed E-state index contributed by atoms with van der Waals surface area (Å²) in [7, 11) is 0.